The molecule has 0 aliphatic carbocycles. The van der Waals surface area contributed by atoms with Gasteiger partial charge in [-0.15, -0.1) is 11.8 Å². The standard InChI is InChI=1S/C24H22N2O3S/c1-17-10-12-20(13-11-17)25-22(27)15-30-16-23(28)26-21-9-5-8-19(14-21)24(29)18-6-3-2-4-7-18/h2-14H,15-16H2,1H3,(H,25,27)(H,26,28). The topological polar surface area (TPSA) is 75.3 Å². The molecular formula is C24H22N2O3S. The second-order valence-corrected chi connectivity index (χ2v) is 7.72. The second kappa shape index (κ2) is 10.4. The average Bonchev–Trinajstić information content (AvgIpc) is 2.75. The first kappa shape index (κ1) is 21.3. The minimum absolute atomic E-state index is 0.103. The van der Waals surface area contributed by atoms with E-state index in [2.05, 4.69) is 10.6 Å². The number of anilines is 2. The van der Waals surface area contributed by atoms with Crippen LogP contribution in [-0.2, 0) is 9.59 Å². The third-order valence-electron chi connectivity index (χ3n) is 4.25. The Hall–Kier alpha value is -3.38. The van der Waals surface area contributed by atoms with Gasteiger partial charge in [0, 0.05) is 22.5 Å². The molecule has 152 valence electrons. The summed E-state index contributed by atoms with van der Waals surface area (Å²) in [7, 11) is 0. The summed E-state index contributed by atoms with van der Waals surface area (Å²) in [6.07, 6.45) is 0. The van der Waals surface area contributed by atoms with Crippen molar-refractivity contribution in [2.24, 2.45) is 0 Å². The Bertz CT molecular complexity index is 1030. The second-order valence-electron chi connectivity index (χ2n) is 6.73. The number of carbonyl (C=O) groups excluding carboxylic acids is 3. The lowest BCUT2D eigenvalue weighted by molar-refractivity contribution is -0.114. The predicted octanol–water partition coefficient (Wildman–Crippen LogP) is 4.54. The van der Waals surface area contributed by atoms with E-state index in [0.717, 1.165) is 11.3 Å². The van der Waals surface area contributed by atoms with Gasteiger partial charge in [-0.1, -0.05) is 60.2 Å². The number of benzene rings is 3. The highest BCUT2D eigenvalue weighted by molar-refractivity contribution is 8.00. The van der Waals surface area contributed by atoms with Crippen LogP contribution in [-0.4, -0.2) is 29.1 Å². The summed E-state index contributed by atoms with van der Waals surface area (Å²) in [6.45, 7) is 1.98. The first-order valence-electron chi connectivity index (χ1n) is 9.45. The number of rotatable bonds is 8. The summed E-state index contributed by atoms with van der Waals surface area (Å²) >= 11 is 1.23. The fourth-order valence-corrected chi connectivity index (χ4v) is 3.38. The van der Waals surface area contributed by atoms with Crippen molar-refractivity contribution in [3.63, 3.8) is 0 Å². The number of hydrogen-bond acceptors (Lipinski definition) is 4. The maximum Gasteiger partial charge on any atom is 0.234 e. The molecule has 30 heavy (non-hydrogen) atoms. The zero-order valence-electron chi connectivity index (χ0n) is 16.6. The van der Waals surface area contributed by atoms with Gasteiger partial charge in [0.2, 0.25) is 11.8 Å². The number of thioether (sulfide) groups is 1. The smallest absolute Gasteiger partial charge is 0.234 e. The molecule has 0 saturated heterocycles. The van der Waals surface area contributed by atoms with Crippen LogP contribution in [0.3, 0.4) is 0 Å². The lowest BCUT2D eigenvalue weighted by Crippen LogP contribution is -2.18. The minimum atomic E-state index is -0.229. The summed E-state index contributed by atoms with van der Waals surface area (Å²) in [5.74, 6) is -0.181. The SMILES string of the molecule is Cc1ccc(NC(=O)CSCC(=O)Nc2cccc(C(=O)c3ccccc3)c2)cc1. The molecule has 0 unspecified atom stereocenters. The van der Waals surface area contributed by atoms with Gasteiger partial charge in [0.25, 0.3) is 0 Å². The molecule has 0 atom stereocenters. The third-order valence-corrected chi connectivity index (χ3v) is 5.18. The van der Waals surface area contributed by atoms with Gasteiger partial charge < -0.3 is 10.6 Å². The summed E-state index contributed by atoms with van der Waals surface area (Å²) in [5, 5.41) is 5.57. The number of nitrogens with one attached hydrogen (secondary N) is 2. The Balaban J connectivity index is 1.47. The highest BCUT2D eigenvalue weighted by atomic mass is 32.2. The maximum atomic E-state index is 12.5. The first-order valence-corrected chi connectivity index (χ1v) is 10.6. The van der Waals surface area contributed by atoms with Crippen molar-refractivity contribution in [3.05, 3.63) is 95.6 Å². The molecule has 0 spiro atoms. The Kier molecular flexibility index (Phi) is 7.40. The molecule has 6 heteroatoms. The number of hydrogen-bond donors (Lipinski definition) is 2. The van der Waals surface area contributed by atoms with Crippen molar-refractivity contribution in [1.82, 2.24) is 0 Å². The highest BCUT2D eigenvalue weighted by Crippen LogP contribution is 2.16. The van der Waals surface area contributed by atoms with Gasteiger partial charge in [-0.25, -0.2) is 0 Å². The molecule has 2 N–H and O–H groups in total. The van der Waals surface area contributed by atoms with Crippen LogP contribution in [0.4, 0.5) is 11.4 Å². The number of aryl methyl sites for hydroxylation is 1. The lowest BCUT2D eigenvalue weighted by Gasteiger charge is -2.08. The number of ketones is 1. The van der Waals surface area contributed by atoms with E-state index in [-0.39, 0.29) is 29.1 Å². The molecule has 0 fully saturated rings. The van der Waals surface area contributed by atoms with E-state index in [9.17, 15) is 14.4 Å². The van der Waals surface area contributed by atoms with Gasteiger partial charge >= 0.3 is 0 Å². The molecule has 0 aliphatic heterocycles. The predicted molar refractivity (Wildman–Crippen MR) is 122 cm³/mol. The fourth-order valence-electron chi connectivity index (χ4n) is 2.76. The monoisotopic (exact) mass is 418 g/mol. The van der Waals surface area contributed by atoms with E-state index >= 15 is 0 Å². The van der Waals surface area contributed by atoms with Gasteiger partial charge in [0.15, 0.2) is 5.78 Å². The van der Waals surface area contributed by atoms with E-state index in [0.29, 0.717) is 16.8 Å². The van der Waals surface area contributed by atoms with Gasteiger partial charge in [0.05, 0.1) is 11.5 Å². The van der Waals surface area contributed by atoms with E-state index in [1.54, 1.807) is 36.4 Å². The maximum absolute atomic E-state index is 12.5. The zero-order valence-corrected chi connectivity index (χ0v) is 17.4. The van der Waals surface area contributed by atoms with Crippen molar-refractivity contribution < 1.29 is 14.4 Å². The Morgan fingerprint density at radius 1 is 0.700 bits per heavy atom. The summed E-state index contributed by atoms with van der Waals surface area (Å²) in [6, 6.07) is 23.3. The van der Waals surface area contributed by atoms with Crippen LogP contribution < -0.4 is 10.6 Å². The highest BCUT2D eigenvalue weighted by Gasteiger charge is 2.11. The van der Waals surface area contributed by atoms with Crippen molar-refractivity contribution in [2.75, 3.05) is 22.1 Å². The summed E-state index contributed by atoms with van der Waals surface area (Å²) in [5.41, 5.74) is 3.50. The normalized spacial score (nSPS) is 10.3. The Morgan fingerprint density at radius 3 is 1.97 bits per heavy atom. The molecule has 0 radical (unpaired) electrons. The molecule has 3 aromatic rings. The van der Waals surface area contributed by atoms with Crippen LogP contribution in [0.25, 0.3) is 0 Å². The molecule has 0 aromatic heterocycles. The summed E-state index contributed by atoms with van der Waals surface area (Å²) in [4.78, 5) is 36.7. The van der Waals surface area contributed by atoms with Crippen molar-refractivity contribution in [2.45, 2.75) is 6.92 Å². The number of amides is 2. The van der Waals surface area contributed by atoms with Gasteiger partial charge in [-0.3, -0.25) is 14.4 Å². The van der Waals surface area contributed by atoms with Crippen LogP contribution in [0, 0.1) is 6.92 Å². The minimum Gasteiger partial charge on any atom is -0.325 e. The quantitative estimate of drug-likeness (QED) is 0.527. The van der Waals surface area contributed by atoms with E-state index in [4.69, 9.17) is 0 Å². The molecule has 0 bridgehead atoms. The largest absolute Gasteiger partial charge is 0.325 e. The Morgan fingerprint density at radius 2 is 1.30 bits per heavy atom. The van der Waals surface area contributed by atoms with E-state index in [1.165, 1.54) is 11.8 Å². The molecule has 3 rings (SSSR count). The number of carbonyl (C=O) groups is 3. The lowest BCUT2D eigenvalue weighted by atomic mass is 10.0. The fraction of sp³-hybridized carbons (Fsp3) is 0.125. The van der Waals surface area contributed by atoms with Crippen LogP contribution >= 0.6 is 11.8 Å². The molecule has 0 aliphatic rings. The molecular weight excluding hydrogens is 396 g/mol. The third kappa shape index (κ3) is 6.32. The van der Waals surface area contributed by atoms with Crippen LogP contribution in [0.2, 0.25) is 0 Å². The van der Waals surface area contributed by atoms with Crippen LogP contribution in [0.5, 0.6) is 0 Å². The van der Waals surface area contributed by atoms with Crippen LogP contribution in [0.1, 0.15) is 21.5 Å². The van der Waals surface area contributed by atoms with Crippen LogP contribution in [0.15, 0.2) is 78.9 Å². The van der Waals surface area contributed by atoms with Gasteiger partial charge in [0.1, 0.15) is 0 Å². The first-order chi connectivity index (χ1) is 14.5. The van der Waals surface area contributed by atoms with E-state index < -0.39 is 0 Å². The molecule has 0 saturated carbocycles. The average molecular weight is 419 g/mol. The molecule has 5 nitrogen and oxygen atoms in total. The van der Waals surface area contributed by atoms with E-state index in [1.807, 2.05) is 49.4 Å². The summed E-state index contributed by atoms with van der Waals surface area (Å²) < 4.78 is 0. The van der Waals surface area contributed by atoms with Crippen molar-refractivity contribution in [3.8, 4) is 0 Å². The van der Waals surface area contributed by atoms with Gasteiger partial charge in [-0.05, 0) is 31.2 Å². The zero-order chi connectivity index (χ0) is 21.3. The van der Waals surface area contributed by atoms with Crippen molar-refractivity contribution >= 4 is 40.7 Å². The molecule has 3 aromatic carbocycles. The molecule has 2 amide bonds. The molecule has 0 heterocycles. The van der Waals surface area contributed by atoms with Gasteiger partial charge in [-0.2, -0.15) is 0 Å². The Labute approximate surface area is 179 Å². The van der Waals surface area contributed by atoms with Crippen molar-refractivity contribution in [1.29, 1.82) is 0 Å².